The third-order valence-electron chi connectivity index (χ3n) is 11.6. The molecule has 18 nitrogen and oxygen atoms in total. The summed E-state index contributed by atoms with van der Waals surface area (Å²) in [4.78, 5) is 97.3. The van der Waals surface area contributed by atoms with Crippen LogP contribution in [0.25, 0.3) is 0 Å². The Morgan fingerprint density at radius 1 is 1.12 bits per heavy atom. The van der Waals surface area contributed by atoms with E-state index in [0.29, 0.717) is 29.3 Å². The molecule has 3 fully saturated rings. The van der Waals surface area contributed by atoms with E-state index in [-0.39, 0.29) is 48.6 Å². The largest absolute Gasteiger partial charge is 0.495 e. The number of esters is 1. The van der Waals surface area contributed by atoms with Gasteiger partial charge in [0.25, 0.3) is 11.8 Å². The number of hydrogen-bond acceptors (Lipinski definition) is 15. The van der Waals surface area contributed by atoms with Crippen molar-refractivity contribution in [1.29, 1.82) is 0 Å². The fraction of sp³-hybridized carbons (Fsp3) is 0.575. The molecule has 4 heterocycles. The highest BCUT2D eigenvalue weighted by molar-refractivity contribution is 7.99. The van der Waals surface area contributed by atoms with Crippen LogP contribution in [0, 0.1) is 5.92 Å². The number of epoxide rings is 1. The number of likely N-dealkylation sites (N-methyl/N-ethyl adjacent to an activating group) is 1. The second-order valence-electron chi connectivity index (χ2n) is 15.6. The van der Waals surface area contributed by atoms with Crippen molar-refractivity contribution < 1.29 is 67.2 Å². The SMILES string of the molecule is COc1cc2cc(c1Cl)N(C)C(=O)C[C@H](OC(=O)[C@H](C)N(C)C(=O)CCSCC(=O)ON1C(=O)CCC1=O)[C@]1(C)O[C@H]1[C@@H]1C/C(=C\C=C\[C@@H](OC)[C@@]3(O)C[C@@H]1OC(=O)N3)C2. The highest BCUT2D eigenvalue weighted by atomic mass is 35.5. The number of aliphatic hydroxyl groups is 1. The number of imide groups is 1. The molecule has 1 aromatic carbocycles. The van der Waals surface area contributed by atoms with E-state index in [1.807, 2.05) is 6.08 Å². The predicted octanol–water partition coefficient (Wildman–Crippen LogP) is 2.61. The summed E-state index contributed by atoms with van der Waals surface area (Å²) in [7, 11) is 5.84. The number of methoxy groups -OCH3 is 2. The number of carbonyl (C=O) groups excluding carboxylic acids is 7. The van der Waals surface area contributed by atoms with Crippen LogP contribution >= 0.6 is 23.4 Å². The summed E-state index contributed by atoms with van der Waals surface area (Å²) in [5, 5.41) is 14.9. The molecule has 6 rings (SSSR count). The number of nitrogens with zero attached hydrogens (tertiary/aromatic N) is 3. The first-order valence-electron chi connectivity index (χ1n) is 19.4. The molecule has 60 heavy (non-hydrogen) atoms. The number of alkyl carbamates (subject to hydrolysis) is 1. The van der Waals surface area contributed by atoms with Crippen LogP contribution in [0.2, 0.25) is 5.02 Å². The zero-order chi connectivity index (χ0) is 43.7. The monoisotopic (exact) mass is 876 g/mol. The fourth-order valence-electron chi connectivity index (χ4n) is 7.92. The smallest absolute Gasteiger partial charge is 0.409 e. The Balaban J connectivity index is 1.23. The van der Waals surface area contributed by atoms with Gasteiger partial charge in [0.2, 0.25) is 11.8 Å². The molecule has 0 unspecified atom stereocenters. The van der Waals surface area contributed by atoms with Crippen LogP contribution in [-0.4, -0.2) is 138 Å². The summed E-state index contributed by atoms with van der Waals surface area (Å²) < 4.78 is 29.6. The zero-order valence-corrected chi connectivity index (χ0v) is 35.7. The van der Waals surface area contributed by atoms with Crippen molar-refractivity contribution in [3.8, 4) is 5.75 Å². The Labute approximate surface area is 355 Å². The van der Waals surface area contributed by atoms with Gasteiger partial charge in [0.05, 0.1) is 31.1 Å². The molecule has 3 saturated heterocycles. The van der Waals surface area contributed by atoms with E-state index in [9.17, 15) is 38.7 Å². The number of fused-ring (bicyclic) bond motifs is 9. The average Bonchev–Trinajstić information content (AvgIpc) is 3.80. The van der Waals surface area contributed by atoms with E-state index in [4.69, 9.17) is 40.1 Å². The van der Waals surface area contributed by atoms with Crippen LogP contribution in [-0.2, 0) is 59.0 Å². The van der Waals surface area contributed by atoms with E-state index in [0.717, 1.165) is 22.9 Å². The lowest BCUT2D eigenvalue weighted by Gasteiger charge is -2.43. The number of thioether (sulfide) groups is 1. The van der Waals surface area contributed by atoms with Gasteiger partial charge >= 0.3 is 18.0 Å². The van der Waals surface area contributed by atoms with E-state index >= 15 is 0 Å². The van der Waals surface area contributed by atoms with E-state index < -0.39 is 89.4 Å². The maximum atomic E-state index is 14.2. The standard InChI is InChI=1S/C40H49ClN4O14S/c1-21(43(3)30(46)12-13-60-20-34(50)59-45-31(47)10-11-32(45)48)37(51)57-29-18-33(49)44(4)25-16-23(17-26(54-5)35(25)41)14-22-8-7-9-28(55-6)40(53)19-27(56-38(52)42-40)24(15-22)36-39(29,2)58-36/h7-9,16-17,21,24,27-29,36,53H,10-15,18-20H2,1-6H3,(H,42,52)/b9-7+,22-8-/t21-,24+,27-,28+,29-,36-,39-,40-/m0/s1. The number of hydroxylamine groups is 2. The Morgan fingerprint density at radius 2 is 1.83 bits per heavy atom. The van der Waals surface area contributed by atoms with Gasteiger partial charge in [-0.15, -0.1) is 16.8 Å². The first kappa shape index (κ1) is 44.9. The summed E-state index contributed by atoms with van der Waals surface area (Å²) in [6.45, 7) is 3.17. The number of hydrogen-bond donors (Lipinski definition) is 2. The zero-order valence-electron chi connectivity index (χ0n) is 34.1. The van der Waals surface area contributed by atoms with Crippen molar-refractivity contribution in [2.45, 2.75) is 101 Å². The lowest BCUT2D eigenvalue weighted by atomic mass is 9.78. The molecule has 326 valence electrons. The Kier molecular flexibility index (Phi) is 13.5. The van der Waals surface area contributed by atoms with E-state index in [2.05, 4.69) is 5.32 Å². The maximum absolute atomic E-state index is 14.2. The number of benzene rings is 1. The molecule has 0 saturated carbocycles. The third kappa shape index (κ3) is 9.44. The molecular formula is C40H49ClN4O14S. The molecule has 8 atom stereocenters. The molecule has 0 radical (unpaired) electrons. The highest BCUT2D eigenvalue weighted by Crippen LogP contribution is 2.51. The average molecular weight is 877 g/mol. The van der Waals surface area contributed by atoms with Crippen molar-refractivity contribution in [3.05, 3.63) is 46.5 Å². The first-order valence-corrected chi connectivity index (χ1v) is 20.9. The van der Waals surface area contributed by atoms with Gasteiger partial charge in [0, 0.05) is 58.6 Å². The second-order valence-corrected chi connectivity index (χ2v) is 17.1. The number of carbonyl (C=O) groups is 7. The number of anilines is 1. The van der Waals surface area contributed by atoms with Gasteiger partial charge < -0.3 is 43.4 Å². The first-order chi connectivity index (χ1) is 28.4. The number of nitrogens with one attached hydrogen (secondary N) is 1. The molecule has 1 aromatic rings. The fourth-order valence-corrected chi connectivity index (χ4v) is 8.91. The van der Waals surface area contributed by atoms with Crippen LogP contribution in [0.4, 0.5) is 10.5 Å². The summed E-state index contributed by atoms with van der Waals surface area (Å²) in [5.74, 6) is -4.12. The summed E-state index contributed by atoms with van der Waals surface area (Å²) in [6, 6.07) is 2.42. The lowest BCUT2D eigenvalue weighted by molar-refractivity contribution is -0.195. The Bertz CT molecular complexity index is 1980. The number of rotatable bonds is 11. The normalized spacial score (nSPS) is 30.7. The van der Waals surface area contributed by atoms with Crippen molar-refractivity contribution in [1.82, 2.24) is 15.3 Å². The maximum Gasteiger partial charge on any atom is 0.409 e. The quantitative estimate of drug-likeness (QED) is 0.141. The van der Waals surface area contributed by atoms with E-state index in [1.54, 1.807) is 38.3 Å². The number of amides is 5. The molecule has 4 aliphatic heterocycles. The van der Waals surface area contributed by atoms with Crippen molar-refractivity contribution in [2.75, 3.05) is 44.7 Å². The number of allylic oxidation sites excluding steroid dienone is 3. The molecule has 2 N–H and O–H groups in total. The molecule has 1 aliphatic carbocycles. The minimum Gasteiger partial charge on any atom is -0.495 e. The van der Waals surface area contributed by atoms with Gasteiger partial charge in [-0.05, 0) is 44.4 Å². The molecule has 20 heteroatoms. The summed E-state index contributed by atoms with van der Waals surface area (Å²) in [6.07, 6.45) is 0.661. The van der Waals surface area contributed by atoms with Gasteiger partial charge in [0.15, 0.2) is 5.72 Å². The van der Waals surface area contributed by atoms with Gasteiger partial charge in [-0.1, -0.05) is 35.4 Å². The molecule has 0 spiro atoms. The van der Waals surface area contributed by atoms with Gasteiger partial charge in [-0.25, -0.2) is 14.4 Å². The minimum absolute atomic E-state index is 0.0338. The topological polar surface area (TPSA) is 220 Å². The molecule has 0 aromatic heterocycles. The Hall–Kier alpha value is -4.69. The van der Waals surface area contributed by atoms with Crippen LogP contribution in [0.5, 0.6) is 5.75 Å². The van der Waals surface area contributed by atoms with Crippen molar-refractivity contribution in [3.63, 3.8) is 0 Å². The van der Waals surface area contributed by atoms with Crippen LogP contribution < -0.4 is 15.0 Å². The molecule has 5 amide bonds. The third-order valence-corrected chi connectivity index (χ3v) is 12.9. The van der Waals surface area contributed by atoms with Crippen LogP contribution in [0.15, 0.2) is 35.9 Å². The van der Waals surface area contributed by atoms with Gasteiger partial charge in [-0.2, -0.15) is 0 Å². The van der Waals surface area contributed by atoms with Gasteiger partial charge in [0.1, 0.15) is 40.7 Å². The molecular weight excluding hydrogens is 828 g/mol. The van der Waals surface area contributed by atoms with Gasteiger partial charge in [-0.3, -0.25) is 24.5 Å². The minimum atomic E-state index is -1.84. The van der Waals surface area contributed by atoms with Crippen LogP contribution in [0.3, 0.4) is 0 Å². The predicted molar refractivity (Wildman–Crippen MR) is 213 cm³/mol. The summed E-state index contributed by atoms with van der Waals surface area (Å²) in [5.41, 5.74) is -1.15. The molecule has 6 bridgehead atoms. The van der Waals surface area contributed by atoms with Crippen molar-refractivity contribution >= 4 is 70.7 Å². The Morgan fingerprint density at radius 3 is 2.52 bits per heavy atom. The highest BCUT2D eigenvalue weighted by Gasteiger charge is 2.65. The number of ether oxygens (including phenoxy) is 5. The van der Waals surface area contributed by atoms with Crippen LogP contribution in [0.1, 0.15) is 57.9 Å². The molecule has 5 aliphatic rings. The lowest BCUT2D eigenvalue weighted by Crippen LogP contribution is -2.64. The number of halogens is 1. The summed E-state index contributed by atoms with van der Waals surface area (Å²) >= 11 is 7.82. The van der Waals surface area contributed by atoms with Crippen molar-refractivity contribution in [2.24, 2.45) is 5.92 Å². The second kappa shape index (κ2) is 18.1. The van der Waals surface area contributed by atoms with E-state index in [1.165, 1.54) is 38.0 Å².